The Bertz CT molecular complexity index is 764. The fourth-order valence-corrected chi connectivity index (χ4v) is 2.18. The molecule has 3 aromatic rings. The van der Waals surface area contributed by atoms with Crippen molar-refractivity contribution in [3.05, 3.63) is 54.5 Å². The number of aromatic amines is 1. The van der Waals surface area contributed by atoms with Crippen LogP contribution >= 0.6 is 0 Å². The van der Waals surface area contributed by atoms with Gasteiger partial charge in [0.05, 0.1) is 5.56 Å². The van der Waals surface area contributed by atoms with Crippen molar-refractivity contribution in [2.75, 3.05) is 17.7 Å². The number of pyridine rings is 1. The van der Waals surface area contributed by atoms with Crippen LogP contribution in [0.3, 0.4) is 0 Å². The van der Waals surface area contributed by atoms with Crippen molar-refractivity contribution < 1.29 is 4.79 Å². The lowest BCUT2D eigenvalue weighted by molar-refractivity contribution is 0.0994. The molecule has 5 nitrogen and oxygen atoms in total. The van der Waals surface area contributed by atoms with Crippen molar-refractivity contribution in [1.29, 1.82) is 0 Å². The van der Waals surface area contributed by atoms with Crippen molar-refractivity contribution in [1.82, 2.24) is 9.97 Å². The van der Waals surface area contributed by atoms with Gasteiger partial charge >= 0.3 is 0 Å². The summed E-state index contributed by atoms with van der Waals surface area (Å²) < 4.78 is 0. The molecule has 0 unspecified atom stereocenters. The number of nitrogen functional groups attached to an aromatic ring is 1. The van der Waals surface area contributed by atoms with Gasteiger partial charge in [-0.25, -0.2) is 0 Å². The van der Waals surface area contributed by atoms with E-state index in [1.54, 1.807) is 54.8 Å². The van der Waals surface area contributed by atoms with E-state index in [1.807, 2.05) is 6.07 Å². The SMILES string of the molecule is CN(C(=O)c1c[nH]c2ccc(N)cc12)c1ccncc1. The molecule has 100 valence electrons. The second kappa shape index (κ2) is 4.70. The van der Waals surface area contributed by atoms with Crippen molar-refractivity contribution in [3.63, 3.8) is 0 Å². The molecule has 0 atom stereocenters. The molecule has 0 aliphatic heterocycles. The highest BCUT2D eigenvalue weighted by atomic mass is 16.2. The third kappa shape index (κ3) is 1.99. The number of nitrogens with zero attached hydrogens (tertiary/aromatic N) is 2. The number of nitrogens with two attached hydrogens (primary N) is 1. The number of benzene rings is 1. The first-order chi connectivity index (χ1) is 9.66. The molecule has 1 aromatic carbocycles. The van der Waals surface area contributed by atoms with Crippen LogP contribution in [0.4, 0.5) is 11.4 Å². The van der Waals surface area contributed by atoms with E-state index >= 15 is 0 Å². The highest BCUT2D eigenvalue weighted by Gasteiger charge is 2.17. The van der Waals surface area contributed by atoms with E-state index in [0.29, 0.717) is 11.3 Å². The van der Waals surface area contributed by atoms with Gasteiger partial charge in [0.1, 0.15) is 0 Å². The molecular formula is C15H14N4O. The van der Waals surface area contributed by atoms with Gasteiger partial charge in [-0.2, -0.15) is 0 Å². The number of carbonyl (C=O) groups is 1. The topological polar surface area (TPSA) is 75.0 Å². The van der Waals surface area contributed by atoms with Gasteiger partial charge in [0, 0.05) is 47.9 Å². The Hall–Kier alpha value is -2.82. The third-order valence-electron chi connectivity index (χ3n) is 3.29. The van der Waals surface area contributed by atoms with Crippen molar-refractivity contribution in [2.24, 2.45) is 0 Å². The molecule has 0 saturated heterocycles. The van der Waals surface area contributed by atoms with Crippen LogP contribution in [-0.2, 0) is 0 Å². The number of fused-ring (bicyclic) bond motifs is 1. The van der Waals surface area contributed by atoms with Crippen LogP contribution in [0.1, 0.15) is 10.4 Å². The van der Waals surface area contributed by atoms with Gasteiger partial charge < -0.3 is 15.6 Å². The van der Waals surface area contributed by atoms with E-state index in [9.17, 15) is 4.79 Å². The van der Waals surface area contributed by atoms with Gasteiger partial charge in [-0.1, -0.05) is 0 Å². The first-order valence-electron chi connectivity index (χ1n) is 6.21. The smallest absolute Gasteiger partial charge is 0.260 e. The Balaban J connectivity index is 2.03. The molecule has 3 N–H and O–H groups in total. The molecule has 0 radical (unpaired) electrons. The van der Waals surface area contributed by atoms with Crippen LogP contribution in [0.15, 0.2) is 48.9 Å². The number of carbonyl (C=O) groups excluding carboxylic acids is 1. The summed E-state index contributed by atoms with van der Waals surface area (Å²) in [4.78, 5) is 21.2. The fourth-order valence-electron chi connectivity index (χ4n) is 2.18. The predicted molar refractivity (Wildman–Crippen MR) is 79.7 cm³/mol. The molecule has 5 heteroatoms. The number of amides is 1. The average molecular weight is 266 g/mol. The predicted octanol–water partition coefficient (Wildman–Crippen LogP) is 2.42. The molecule has 0 spiro atoms. The largest absolute Gasteiger partial charge is 0.399 e. The summed E-state index contributed by atoms with van der Waals surface area (Å²) in [5.74, 6) is -0.0898. The average Bonchev–Trinajstić information content (AvgIpc) is 2.89. The van der Waals surface area contributed by atoms with Gasteiger partial charge in [0.15, 0.2) is 0 Å². The quantitative estimate of drug-likeness (QED) is 0.699. The summed E-state index contributed by atoms with van der Waals surface area (Å²) in [6.45, 7) is 0. The third-order valence-corrected chi connectivity index (χ3v) is 3.29. The fraction of sp³-hybridized carbons (Fsp3) is 0.0667. The van der Waals surface area contributed by atoms with E-state index < -0.39 is 0 Å². The summed E-state index contributed by atoms with van der Waals surface area (Å²) in [5, 5.41) is 0.830. The molecule has 2 heterocycles. The lowest BCUT2D eigenvalue weighted by Gasteiger charge is -2.16. The number of anilines is 2. The zero-order chi connectivity index (χ0) is 14.1. The maximum Gasteiger partial charge on any atom is 0.260 e. The molecule has 1 amide bonds. The normalized spacial score (nSPS) is 10.7. The van der Waals surface area contributed by atoms with Gasteiger partial charge in [-0.15, -0.1) is 0 Å². The molecule has 0 fully saturated rings. The monoisotopic (exact) mass is 266 g/mol. The summed E-state index contributed by atoms with van der Waals surface area (Å²) in [5.41, 5.74) is 8.72. The molecule has 20 heavy (non-hydrogen) atoms. The van der Waals surface area contributed by atoms with Crippen molar-refractivity contribution >= 4 is 28.2 Å². The number of hydrogen-bond donors (Lipinski definition) is 2. The number of rotatable bonds is 2. The van der Waals surface area contributed by atoms with E-state index in [4.69, 9.17) is 5.73 Å². The minimum atomic E-state index is -0.0898. The summed E-state index contributed by atoms with van der Waals surface area (Å²) in [6.07, 6.45) is 5.03. The maximum atomic E-state index is 12.6. The Kier molecular flexibility index (Phi) is 2.87. The molecule has 3 rings (SSSR count). The standard InChI is InChI=1S/C15H14N4O/c1-19(11-4-6-17-7-5-11)15(20)13-9-18-14-3-2-10(16)8-12(13)14/h2-9,18H,16H2,1H3. The van der Waals surface area contributed by atoms with Crippen LogP contribution in [0.25, 0.3) is 10.9 Å². The Morgan fingerprint density at radius 3 is 2.75 bits per heavy atom. The Morgan fingerprint density at radius 1 is 1.25 bits per heavy atom. The van der Waals surface area contributed by atoms with Crippen LogP contribution in [0, 0.1) is 0 Å². The molecule has 0 saturated carbocycles. The number of H-pyrrole nitrogens is 1. The first-order valence-corrected chi connectivity index (χ1v) is 6.21. The van der Waals surface area contributed by atoms with Gasteiger partial charge in [0.25, 0.3) is 5.91 Å². The summed E-state index contributed by atoms with van der Waals surface area (Å²) >= 11 is 0. The van der Waals surface area contributed by atoms with Crippen LogP contribution in [0.5, 0.6) is 0 Å². The molecule has 0 bridgehead atoms. The highest BCUT2D eigenvalue weighted by Crippen LogP contribution is 2.23. The Labute approximate surface area is 116 Å². The number of nitrogens with one attached hydrogen (secondary N) is 1. The van der Waals surface area contributed by atoms with Gasteiger partial charge in [-0.05, 0) is 30.3 Å². The highest BCUT2D eigenvalue weighted by molar-refractivity contribution is 6.14. The zero-order valence-corrected chi connectivity index (χ0v) is 11.0. The van der Waals surface area contributed by atoms with Gasteiger partial charge in [0.2, 0.25) is 0 Å². The number of aromatic nitrogens is 2. The lowest BCUT2D eigenvalue weighted by atomic mass is 10.1. The minimum Gasteiger partial charge on any atom is -0.399 e. The lowest BCUT2D eigenvalue weighted by Crippen LogP contribution is -2.25. The van der Waals surface area contributed by atoms with Crippen LogP contribution in [0.2, 0.25) is 0 Å². The second-order valence-corrected chi connectivity index (χ2v) is 4.58. The van der Waals surface area contributed by atoms with Crippen molar-refractivity contribution in [2.45, 2.75) is 0 Å². The van der Waals surface area contributed by atoms with Crippen LogP contribution < -0.4 is 10.6 Å². The molecule has 0 aliphatic carbocycles. The van der Waals surface area contributed by atoms with Crippen molar-refractivity contribution in [3.8, 4) is 0 Å². The first kappa shape index (κ1) is 12.2. The van der Waals surface area contributed by atoms with E-state index in [1.165, 1.54) is 0 Å². The summed E-state index contributed by atoms with van der Waals surface area (Å²) in [7, 11) is 1.74. The minimum absolute atomic E-state index is 0.0898. The molecule has 2 aromatic heterocycles. The number of hydrogen-bond acceptors (Lipinski definition) is 3. The van der Waals surface area contributed by atoms with E-state index in [0.717, 1.165) is 16.6 Å². The maximum absolute atomic E-state index is 12.6. The summed E-state index contributed by atoms with van der Waals surface area (Å²) in [6, 6.07) is 9.06. The van der Waals surface area contributed by atoms with Gasteiger partial charge in [-0.3, -0.25) is 9.78 Å². The molecule has 0 aliphatic rings. The second-order valence-electron chi connectivity index (χ2n) is 4.58. The van der Waals surface area contributed by atoms with E-state index in [2.05, 4.69) is 9.97 Å². The zero-order valence-electron chi connectivity index (χ0n) is 11.0. The van der Waals surface area contributed by atoms with E-state index in [-0.39, 0.29) is 5.91 Å². The molecular weight excluding hydrogens is 252 g/mol. The Morgan fingerprint density at radius 2 is 2.00 bits per heavy atom. The van der Waals surface area contributed by atoms with Crippen LogP contribution in [-0.4, -0.2) is 22.9 Å².